The van der Waals surface area contributed by atoms with Crippen LogP contribution in [0.4, 0.5) is 0 Å². The lowest BCUT2D eigenvalue weighted by atomic mass is 9.95. The van der Waals surface area contributed by atoms with E-state index in [0.29, 0.717) is 42.3 Å². The second-order valence-corrected chi connectivity index (χ2v) is 7.83. The second-order valence-electron chi connectivity index (χ2n) is 7.83. The SMILES string of the molecule is COc1cccc([C@@H]2c3c(-c4ccccc4O)n[nH]c3C(=O)N2CCCOC(C)C)c1. The van der Waals surface area contributed by atoms with Crippen LogP contribution in [0.1, 0.15) is 47.9 Å². The number of amides is 1. The maximum absolute atomic E-state index is 13.3. The molecule has 0 bridgehead atoms. The number of benzene rings is 2. The number of methoxy groups -OCH3 is 1. The molecule has 31 heavy (non-hydrogen) atoms. The van der Waals surface area contributed by atoms with E-state index in [1.165, 1.54) is 0 Å². The van der Waals surface area contributed by atoms with E-state index in [2.05, 4.69) is 10.2 Å². The molecule has 0 fully saturated rings. The molecule has 0 saturated heterocycles. The molecule has 3 aromatic rings. The van der Waals surface area contributed by atoms with Crippen molar-refractivity contribution in [2.45, 2.75) is 32.4 Å². The summed E-state index contributed by atoms with van der Waals surface area (Å²) in [6.45, 7) is 5.10. The number of carbonyl (C=O) groups is 1. The van der Waals surface area contributed by atoms with Crippen LogP contribution in [0.15, 0.2) is 48.5 Å². The minimum absolute atomic E-state index is 0.110. The van der Waals surface area contributed by atoms with E-state index in [0.717, 1.165) is 11.1 Å². The van der Waals surface area contributed by atoms with Gasteiger partial charge in [0.05, 0.1) is 19.3 Å². The molecule has 0 spiro atoms. The van der Waals surface area contributed by atoms with Gasteiger partial charge in [0.1, 0.15) is 22.9 Å². The Bertz CT molecular complexity index is 1080. The molecule has 7 heteroatoms. The molecule has 0 unspecified atom stereocenters. The molecule has 2 aromatic carbocycles. The number of fused-ring (bicyclic) bond motifs is 1. The van der Waals surface area contributed by atoms with E-state index in [-0.39, 0.29) is 23.8 Å². The monoisotopic (exact) mass is 421 g/mol. The van der Waals surface area contributed by atoms with E-state index >= 15 is 0 Å². The van der Waals surface area contributed by atoms with E-state index in [4.69, 9.17) is 9.47 Å². The van der Waals surface area contributed by atoms with Crippen LogP contribution in [-0.4, -0.2) is 52.5 Å². The van der Waals surface area contributed by atoms with Crippen molar-refractivity contribution in [1.82, 2.24) is 15.1 Å². The Kier molecular flexibility index (Phi) is 5.95. The van der Waals surface area contributed by atoms with Gasteiger partial charge in [-0.05, 0) is 50.1 Å². The van der Waals surface area contributed by atoms with E-state index in [1.54, 1.807) is 25.3 Å². The van der Waals surface area contributed by atoms with Gasteiger partial charge >= 0.3 is 0 Å². The van der Waals surface area contributed by atoms with Crippen molar-refractivity contribution in [2.24, 2.45) is 0 Å². The second kappa shape index (κ2) is 8.81. The number of H-pyrrole nitrogens is 1. The van der Waals surface area contributed by atoms with E-state index in [1.807, 2.05) is 49.1 Å². The number of rotatable bonds is 8. The third-order valence-corrected chi connectivity index (χ3v) is 5.43. The molecule has 7 nitrogen and oxygen atoms in total. The van der Waals surface area contributed by atoms with Crippen molar-refractivity contribution < 1.29 is 19.4 Å². The van der Waals surface area contributed by atoms with Crippen molar-refractivity contribution in [3.8, 4) is 22.8 Å². The molecule has 2 N–H and O–H groups in total. The van der Waals surface area contributed by atoms with E-state index in [9.17, 15) is 9.90 Å². The summed E-state index contributed by atoms with van der Waals surface area (Å²) in [7, 11) is 1.62. The number of ether oxygens (including phenoxy) is 2. The standard InChI is InChI=1S/C24H27N3O4/c1-15(2)31-13-7-12-27-23(16-8-6-9-17(14-16)30-3)20-21(25-26-22(20)24(27)29)18-10-4-5-11-19(18)28/h4-6,8-11,14-15,23,28H,7,12-13H2,1-3H3,(H,25,26)/t23-/m1/s1. The molecule has 0 radical (unpaired) electrons. The topological polar surface area (TPSA) is 87.7 Å². The summed E-state index contributed by atoms with van der Waals surface area (Å²) >= 11 is 0. The summed E-state index contributed by atoms with van der Waals surface area (Å²) < 4.78 is 11.1. The Balaban J connectivity index is 1.76. The Morgan fingerprint density at radius 1 is 1.19 bits per heavy atom. The molecule has 2 heterocycles. The molecule has 0 saturated carbocycles. The largest absolute Gasteiger partial charge is 0.507 e. The number of hydrogen-bond acceptors (Lipinski definition) is 5. The molecule has 1 amide bonds. The number of phenolic OH excluding ortho intramolecular Hbond substituents is 1. The van der Waals surface area contributed by atoms with Crippen molar-refractivity contribution >= 4 is 5.91 Å². The summed E-state index contributed by atoms with van der Waals surface area (Å²) in [5.41, 5.74) is 3.32. The number of nitrogens with zero attached hydrogens (tertiary/aromatic N) is 2. The van der Waals surface area contributed by atoms with Gasteiger partial charge < -0.3 is 19.5 Å². The van der Waals surface area contributed by atoms with Crippen LogP contribution in [0.2, 0.25) is 0 Å². The number of nitrogens with one attached hydrogen (secondary N) is 1. The molecular formula is C24H27N3O4. The lowest BCUT2D eigenvalue weighted by Gasteiger charge is -2.27. The molecule has 1 atom stereocenters. The Morgan fingerprint density at radius 2 is 2.00 bits per heavy atom. The lowest BCUT2D eigenvalue weighted by molar-refractivity contribution is 0.0601. The van der Waals surface area contributed by atoms with Crippen LogP contribution >= 0.6 is 0 Å². The summed E-state index contributed by atoms with van der Waals surface area (Å²) in [5.74, 6) is 0.730. The third-order valence-electron chi connectivity index (χ3n) is 5.43. The average molecular weight is 421 g/mol. The quantitative estimate of drug-likeness (QED) is 0.534. The number of aromatic hydroxyl groups is 1. The van der Waals surface area contributed by atoms with Crippen molar-refractivity contribution in [1.29, 1.82) is 0 Å². The molecule has 1 aromatic heterocycles. The number of phenols is 1. The highest BCUT2D eigenvalue weighted by molar-refractivity contribution is 6.00. The number of carbonyl (C=O) groups excluding carboxylic acids is 1. The summed E-state index contributed by atoms with van der Waals surface area (Å²) in [5, 5.41) is 17.7. The molecule has 0 aliphatic carbocycles. The van der Waals surface area contributed by atoms with Crippen molar-refractivity contribution in [3.05, 3.63) is 65.4 Å². The van der Waals surface area contributed by atoms with Gasteiger partial charge in [0.2, 0.25) is 0 Å². The summed E-state index contributed by atoms with van der Waals surface area (Å²) in [4.78, 5) is 15.2. The van der Waals surface area contributed by atoms with Gasteiger partial charge in [-0.2, -0.15) is 5.10 Å². The Morgan fingerprint density at radius 3 is 2.74 bits per heavy atom. The molecule has 4 rings (SSSR count). The van der Waals surface area contributed by atoms with Gasteiger partial charge in [-0.3, -0.25) is 9.89 Å². The summed E-state index contributed by atoms with van der Waals surface area (Å²) in [6, 6.07) is 14.4. The lowest BCUT2D eigenvalue weighted by Crippen LogP contribution is -2.31. The molecule has 1 aliphatic rings. The zero-order valence-corrected chi connectivity index (χ0v) is 18.0. The zero-order chi connectivity index (χ0) is 22.0. The highest BCUT2D eigenvalue weighted by atomic mass is 16.5. The van der Waals surface area contributed by atoms with Gasteiger partial charge in [0.25, 0.3) is 5.91 Å². The third kappa shape index (κ3) is 4.01. The first-order valence-corrected chi connectivity index (χ1v) is 10.4. The van der Waals surface area contributed by atoms with Crippen LogP contribution < -0.4 is 4.74 Å². The minimum atomic E-state index is -0.343. The van der Waals surface area contributed by atoms with Gasteiger partial charge in [-0.1, -0.05) is 24.3 Å². The van der Waals surface area contributed by atoms with Gasteiger partial charge in [0, 0.05) is 24.3 Å². The first kappa shape index (κ1) is 20.9. The predicted octanol–water partition coefficient (Wildman–Crippen LogP) is 4.15. The van der Waals surface area contributed by atoms with E-state index < -0.39 is 0 Å². The first-order valence-electron chi connectivity index (χ1n) is 10.4. The Labute approximate surface area is 181 Å². The number of aromatic nitrogens is 2. The normalized spacial score (nSPS) is 15.5. The first-order chi connectivity index (χ1) is 15.0. The average Bonchev–Trinajstić information content (AvgIpc) is 3.30. The van der Waals surface area contributed by atoms with Crippen molar-refractivity contribution in [3.63, 3.8) is 0 Å². The molecule has 162 valence electrons. The fourth-order valence-corrected chi connectivity index (χ4v) is 4.02. The Hall–Kier alpha value is -3.32. The maximum Gasteiger partial charge on any atom is 0.273 e. The number of hydrogen-bond donors (Lipinski definition) is 2. The van der Waals surface area contributed by atoms with Crippen LogP contribution in [0.25, 0.3) is 11.3 Å². The fraction of sp³-hybridized carbons (Fsp3) is 0.333. The van der Waals surface area contributed by atoms with Crippen LogP contribution in [0, 0.1) is 0 Å². The van der Waals surface area contributed by atoms with Crippen LogP contribution in [0.3, 0.4) is 0 Å². The highest BCUT2D eigenvalue weighted by Crippen LogP contribution is 2.44. The molecule has 1 aliphatic heterocycles. The highest BCUT2D eigenvalue weighted by Gasteiger charge is 2.42. The fourth-order valence-electron chi connectivity index (χ4n) is 4.02. The maximum atomic E-state index is 13.3. The van der Waals surface area contributed by atoms with Crippen LogP contribution in [0.5, 0.6) is 11.5 Å². The zero-order valence-electron chi connectivity index (χ0n) is 18.0. The van der Waals surface area contributed by atoms with Gasteiger partial charge in [-0.25, -0.2) is 0 Å². The van der Waals surface area contributed by atoms with Crippen LogP contribution in [-0.2, 0) is 4.74 Å². The van der Waals surface area contributed by atoms with Crippen molar-refractivity contribution in [2.75, 3.05) is 20.3 Å². The van der Waals surface area contributed by atoms with Gasteiger partial charge in [-0.15, -0.1) is 0 Å². The smallest absolute Gasteiger partial charge is 0.273 e. The number of para-hydroxylation sites is 1. The predicted molar refractivity (Wildman–Crippen MR) is 117 cm³/mol. The minimum Gasteiger partial charge on any atom is -0.507 e. The number of aromatic amines is 1. The van der Waals surface area contributed by atoms with Gasteiger partial charge in [0.15, 0.2) is 0 Å². The molecular weight excluding hydrogens is 394 g/mol. The summed E-state index contributed by atoms with van der Waals surface area (Å²) in [6.07, 6.45) is 0.863.